The van der Waals surface area contributed by atoms with Crippen LogP contribution in [0.5, 0.6) is 0 Å². The molecule has 1 N–H and O–H groups in total. The van der Waals surface area contributed by atoms with Crippen LogP contribution in [0.1, 0.15) is 16.2 Å². The van der Waals surface area contributed by atoms with E-state index in [1.165, 1.54) is 18.9 Å². The van der Waals surface area contributed by atoms with E-state index in [1.807, 2.05) is 0 Å². The topological polar surface area (TPSA) is 72.0 Å². The Kier molecular flexibility index (Phi) is 4.16. The second kappa shape index (κ2) is 5.18. The van der Waals surface area contributed by atoms with Crippen LogP contribution in [-0.4, -0.2) is 29.3 Å². The highest BCUT2D eigenvalue weighted by Gasteiger charge is 2.18. The Bertz CT molecular complexity index is 432. The Labute approximate surface area is 95.2 Å². The maximum atomic E-state index is 11.5. The lowest BCUT2D eigenvalue weighted by Crippen LogP contribution is -2.23. The van der Waals surface area contributed by atoms with Crippen LogP contribution in [0.25, 0.3) is 0 Å². The van der Waals surface area contributed by atoms with Crippen molar-refractivity contribution in [2.45, 2.75) is 10.9 Å². The molecule has 1 aromatic heterocycles. The van der Waals surface area contributed by atoms with Crippen LogP contribution >= 0.6 is 23.4 Å². The van der Waals surface area contributed by atoms with Gasteiger partial charge in [0.1, 0.15) is 10.9 Å². The highest BCUT2D eigenvalue weighted by Crippen LogP contribution is 2.15. The van der Waals surface area contributed by atoms with Crippen LogP contribution in [0.3, 0.4) is 0 Å². The summed E-state index contributed by atoms with van der Waals surface area (Å²) >= 11 is 6.73. The monoisotopic (exact) mass is 248 g/mol. The summed E-state index contributed by atoms with van der Waals surface area (Å²) in [6, 6.07) is 0. The van der Waals surface area contributed by atoms with Gasteiger partial charge in [-0.15, -0.1) is 23.4 Å². The number of alkyl halides is 1. The van der Waals surface area contributed by atoms with E-state index in [0.29, 0.717) is 10.9 Å². The fourth-order valence-corrected chi connectivity index (χ4v) is 1.70. The molecule has 0 bridgehead atoms. The van der Waals surface area contributed by atoms with Gasteiger partial charge in [0.05, 0.1) is 13.0 Å². The first-order chi connectivity index (χ1) is 7.13. The molecule has 1 heterocycles. The first kappa shape index (κ1) is 12.1. The molecule has 0 saturated heterocycles. The van der Waals surface area contributed by atoms with E-state index < -0.39 is 11.5 Å². The minimum atomic E-state index is -0.700. The van der Waals surface area contributed by atoms with Crippen molar-refractivity contribution in [1.82, 2.24) is 9.97 Å². The molecular weight excluding hydrogens is 240 g/mol. The molecule has 0 aliphatic carbocycles. The number of nitrogens with zero attached hydrogens (tertiary/aromatic N) is 1. The maximum Gasteiger partial charge on any atom is 0.346 e. The number of aromatic nitrogens is 2. The zero-order valence-electron chi connectivity index (χ0n) is 8.17. The van der Waals surface area contributed by atoms with Gasteiger partial charge < -0.3 is 9.72 Å². The molecule has 82 valence electrons. The van der Waals surface area contributed by atoms with Crippen molar-refractivity contribution in [1.29, 1.82) is 0 Å². The Morgan fingerprint density at radius 3 is 2.80 bits per heavy atom. The summed E-state index contributed by atoms with van der Waals surface area (Å²) in [5, 5.41) is 0.321. The minimum Gasteiger partial charge on any atom is -0.465 e. The number of rotatable bonds is 3. The van der Waals surface area contributed by atoms with E-state index in [-0.39, 0.29) is 11.4 Å². The van der Waals surface area contributed by atoms with Gasteiger partial charge in [0.2, 0.25) is 0 Å². The number of nitrogens with one attached hydrogen (secondary N) is 1. The van der Waals surface area contributed by atoms with Crippen molar-refractivity contribution in [3.63, 3.8) is 0 Å². The molecule has 0 spiro atoms. The summed E-state index contributed by atoms with van der Waals surface area (Å²) in [4.78, 5) is 29.2. The maximum absolute atomic E-state index is 11.5. The van der Waals surface area contributed by atoms with Gasteiger partial charge in [-0.2, -0.15) is 0 Å². The quantitative estimate of drug-likeness (QED) is 0.374. The second-order valence-corrected chi connectivity index (χ2v) is 3.58. The van der Waals surface area contributed by atoms with Crippen LogP contribution in [0.2, 0.25) is 0 Å². The number of esters is 1. The number of hydrogen-bond donors (Lipinski definition) is 1. The molecule has 0 atom stereocenters. The van der Waals surface area contributed by atoms with Gasteiger partial charge in [-0.1, -0.05) is 0 Å². The summed E-state index contributed by atoms with van der Waals surface area (Å²) < 4.78 is 4.49. The first-order valence-corrected chi connectivity index (χ1v) is 5.71. The summed E-state index contributed by atoms with van der Waals surface area (Å²) in [7, 11) is 1.21. The van der Waals surface area contributed by atoms with Gasteiger partial charge in [-0.3, -0.25) is 4.79 Å². The molecule has 0 amide bonds. The third-order valence-electron chi connectivity index (χ3n) is 1.64. The van der Waals surface area contributed by atoms with Crippen LogP contribution in [0.4, 0.5) is 0 Å². The van der Waals surface area contributed by atoms with E-state index in [4.69, 9.17) is 11.6 Å². The smallest absolute Gasteiger partial charge is 0.346 e. The van der Waals surface area contributed by atoms with Gasteiger partial charge in [0.15, 0.2) is 5.56 Å². The van der Waals surface area contributed by atoms with Crippen LogP contribution in [0, 0.1) is 0 Å². The standard InChI is InChI=1S/C8H9ClN2O3S/c1-14-8(13)5-6(12)10-4(3-9)11-7(5)15-2/h3H2,1-2H3,(H,10,11,12). The van der Waals surface area contributed by atoms with Crippen molar-refractivity contribution in [3.05, 3.63) is 21.7 Å². The largest absolute Gasteiger partial charge is 0.465 e. The third-order valence-corrected chi connectivity index (χ3v) is 2.58. The van der Waals surface area contributed by atoms with E-state index in [0.717, 1.165) is 0 Å². The number of carbonyl (C=O) groups excluding carboxylic acids is 1. The van der Waals surface area contributed by atoms with Crippen molar-refractivity contribution in [2.24, 2.45) is 0 Å². The molecular formula is C8H9ClN2O3S. The number of thioether (sulfide) groups is 1. The third kappa shape index (κ3) is 2.51. The van der Waals surface area contributed by atoms with Gasteiger partial charge in [0.25, 0.3) is 5.56 Å². The fraction of sp³-hybridized carbons (Fsp3) is 0.375. The number of carbonyl (C=O) groups is 1. The minimum absolute atomic E-state index is 0.0844. The first-order valence-electron chi connectivity index (χ1n) is 3.95. The molecule has 1 aromatic rings. The number of ether oxygens (including phenoxy) is 1. The Hall–Kier alpha value is -1.01. The number of H-pyrrole nitrogens is 1. The number of hydrogen-bond acceptors (Lipinski definition) is 5. The summed E-state index contributed by atoms with van der Waals surface area (Å²) in [6.07, 6.45) is 1.71. The molecule has 1 rings (SSSR count). The van der Waals surface area contributed by atoms with Crippen LogP contribution in [-0.2, 0) is 10.6 Å². The molecule has 0 aliphatic heterocycles. The molecule has 7 heteroatoms. The summed E-state index contributed by atoms with van der Waals surface area (Å²) in [5.74, 6) is -0.280. The predicted octanol–water partition coefficient (Wildman–Crippen LogP) is 1.02. The van der Waals surface area contributed by atoms with E-state index in [1.54, 1.807) is 6.26 Å². The lowest BCUT2D eigenvalue weighted by atomic mass is 10.3. The number of aromatic amines is 1. The molecule has 0 saturated carbocycles. The molecule has 5 nitrogen and oxygen atoms in total. The lowest BCUT2D eigenvalue weighted by Gasteiger charge is -2.04. The second-order valence-electron chi connectivity index (χ2n) is 2.52. The molecule has 0 unspecified atom stereocenters. The van der Waals surface area contributed by atoms with Crippen molar-refractivity contribution < 1.29 is 9.53 Å². The van der Waals surface area contributed by atoms with E-state index in [9.17, 15) is 9.59 Å². The van der Waals surface area contributed by atoms with Gasteiger partial charge in [-0.25, -0.2) is 9.78 Å². The van der Waals surface area contributed by atoms with Gasteiger partial charge >= 0.3 is 5.97 Å². The van der Waals surface area contributed by atoms with Crippen molar-refractivity contribution in [3.8, 4) is 0 Å². The van der Waals surface area contributed by atoms with Crippen LogP contribution in [0.15, 0.2) is 9.82 Å². The SMILES string of the molecule is COC(=O)c1c(SC)nc(CCl)[nH]c1=O. The molecule has 0 radical (unpaired) electrons. The van der Waals surface area contributed by atoms with E-state index >= 15 is 0 Å². The molecule has 0 aromatic carbocycles. The molecule has 0 aliphatic rings. The Balaban J connectivity index is 3.38. The number of halogens is 1. The average molecular weight is 249 g/mol. The number of methoxy groups -OCH3 is 1. The highest BCUT2D eigenvalue weighted by molar-refractivity contribution is 7.98. The lowest BCUT2D eigenvalue weighted by molar-refractivity contribution is 0.0593. The normalized spacial score (nSPS) is 10.1. The Morgan fingerprint density at radius 1 is 1.67 bits per heavy atom. The zero-order valence-corrected chi connectivity index (χ0v) is 9.74. The Morgan fingerprint density at radius 2 is 2.33 bits per heavy atom. The average Bonchev–Trinajstić information content (AvgIpc) is 2.26. The molecule has 15 heavy (non-hydrogen) atoms. The van der Waals surface area contributed by atoms with E-state index in [2.05, 4.69) is 14.7 Å². The molecule has 0 fully saturated rings. The highest BCUT2D eigenvalue weighted by atomic mass is 35.5. The summed E-state index contributed by atoms with van der Waals surface area (Å²) in [5.41, 5.74) is -0.615. The van der Waals surface area contributed by atoms with Crippen molar-refractivity contribution in [2.75, 3.05) is 13.4 Å². The van der Waals surface area contributed by atoms with Crippen LogP contribution < -0.4 is 5.56 Å². The fourth-order valence-electron chi connectivity index (χ4n) is 0.990. The zero-order chi connectivity index (χ0) is 11.4. The van der Waals surface area contributed by atoms with Crippen molar-refractivity contribution >= 4 is 29.3 Å². The summed E-state index contributed by atoms with van der Waals surface area (Å²) in [6.45, 7) is 0. The van der Waals surface area contributed by atoms with Gasteiger partial charge in [0, 0.05) is 0 Å². The van der Waals surface area contributed by atoms with Gasteiger partial charge in [-0.05, 0) is 6.26 Å². The predicted molar refractivity (Wildman–Crippen MR) is 57.5 cm³/mol.